The molecular formula is C20H24N2O3. The van der Waals surface area contributed by atoms with Gasteiger partial charge in [-0.15, -0.1) is 0 Å². The molecule has 2 heterocycles. The van der Waals surface area contributed by atoms with E-state index in [0.29, 0.717) is 25.2 Å². The van der Waals surface area contributed by atoms with Gasteiger partial charge in [0.1, 0.15) is 5.76 Å². The Balaban J connectivity index is 1.65. The van der Waals surface area contributed by atoms with Crippen LogP contribution in [0.5, 0.6) is 0 Å². The molecule has 25 heavy (non-hydrogen) atoms. The Morgan fingerprint density at radius 1 is 1.24 bits per heavy atom. The molecule has 2 amide bonds. The van der Waals surface area contributed by atoms with Crippen LogP contribution in [0.25, 0.3) is 0 Å². The number of nitrogens with one attached hydrogen (secondary N) is 1. The molecule has 3 rings (SSSR count). The first-order valence-electron chi connectivity index (χ1n) is 8.65. The third kappa shape index (κ3) is 3.76. The van der Waals surface area contributed by atoms with Gasteiger partial charge in [-0.1, -0.05) is 18.2 Å². The Morgan fingerprint density at radius 2 is 2.00 bits per heavy atom. The molecule has 132 valence electrons. The van der Waals surface area contributed by atoms with Crippen molar-refractivity contribution in [1.82, 2.24) is 10.2 Å². The highest BCUT2D eigenvalue weighted by atomic mass is 16.3. The van der Waals surface area contributed by atoms with Gasteiger partial charge in [-0.25, -0.2) is 0 Å². The van der Waals surface area contributed by atoms with Crippen LogP contribution in [0.15, 0.2) is 47.1 Å². The van der Waals surface area contributed by atoms with Gasteiger partial charge in [0, 0.05) is 30.8 Å². The average Bonchev–Trinajstić information content (AvgIpc) is 3.04. The summed E-state index contributed by atoms with van der Waals surface area (Å²) in [5.74, 6) is 0.790. The molecule has 0 radical (unpaired) electrons. The summed E-state index contributed by atoms with van der Waals surface area (Å²) < 4.78 is 5.26. The van der Waals surface area contributed by atoms with E-state index in [-0.39, 0.29) is 11.8 Å². The second-order valence-electron chi connectivity index (χ2n) is 6.94. The molecule has 2 aromatic rings. The van der Waals surface area contributed by atoms with Gasteiger partial charge < -0.3 is 14.6 Å². The number of piperidine rings is 1. The average molecular weight is 340 g/mol. The van der Waals surface area contributed by atoms with Crippen LogP contribution in [0, 0.1) is 12.3 Å². The zero-order chi connectivity index (χ0) is 17.9. The molecule has 1 fully saturated rings. The van der Waals surface area contributed by atoms with E-state index in [4.69, 9.17) is 4.42 Å². The lowest BCUT2D eigenvalue weighted by atomic mass is 9.80. The highest BCUT2D eigenvalue weighted by molar-refractivity contribution is 5.95. The maximum absolute atomic E-state index is 12.8. The second-order valence-corrected chi connectivity index (χ2v) is 6.94. The van der Waals surface area contributed by atoms with Gasteiger partial charge in [0.2, 0.25) is 5.91 Å². The molecule has 0 saturated carbocycles. The van der Waals surface area contributed by atoms with Crippen molar-refractivity contribution in [1.29, 1.82) is 0 Å². The summed E-state index contributed by atoms with van der Waals surface area (Å²) in [7, 11) is 0. The highest BCUT2D eigenvalue weighted by Crippen LogP contribution is 2.30. The molecular weight excluding hydrogens is 316 g/mol. The lowest BCUT2D eigenvalue weighted by Crippen LogP contribution is -2.51. The van der Waals surface area contributed by atoms with Crippen molar-refractivity contribution in [2.45, 2.75) is 33.2 Å². The first-order chi connectivity index (χ1) is 12.0. The molecule has 1 aromatic carbocycles. The number of carbonyl (C=O) groups excluding carboxylic acids is 2. The van der Waals surface area contributed by atoms with Crippen molar-refractivity contribution < 1.29 is 14.0 Å². The van der Waals surface area contributed by atoms with E-state index in [0.717, 1.165) is 24.2 Å². The van der Waals surface area contributed by atoms with Crippen LogP contribution in [-0.2, 0) is 11.3 Å². The zero-order valence-electron chi connectivity index (χ0n) is 14.7. The van der Waals surface area contributed by atoms with Gasteiger partial charge in [0.05, 0.1) is 11.7 Å². The van der Waals surface area contributed by atoms with E-state index < -0.39 is 5.41 Å². The van der Waals surface area contributed by atoms with Crippen molar-refractivity contribution in [2.24, 2.45) is 5.41 Å². The fourth-order valence-corrected chi connectivity index (χ4v) is 3.34. The standard InChI is InChI=1S/C20H24N2O3/c1-15-17(9-12-25-15)13-21-19(24)20(2)10-6-11-22(14-20)18(23)16-7-4-3-5-8-16/h3-5,7-9,12H,6,10-11,13-14H2,1-2H3,(H,21,24)/t20-/m0/s1. The molecule has 0 aliphatic carbocycles. The molecule has 0 bridgehead atoms. The zero-order valence-corrected chi connectivity index (χ0v) is 14.7. The van der Waals surface area contributed by atoms with E-state index in [9.17, 15) is 9.59 Å². The number of hydrogen-bond acceptors (Lipinski definition) is 3. The van der Waals surface area contributed by atoms with Gasteiger partial charge in [0.15, 0.2) is 0 Å². The molecule has 1 aromatic heterocycles. The van der Waals surface area contributed by atoms with Crippen molar-refractivity contribution in [3.8, 4) is 0 Å². The summed E-state index contributed by atoms with van der Waals surface area (Å²) in [6.45, 7) is 5.40. The van der Waals surface area contributed by atoms with Crippen molar-refractivity contribution >= 4 is 11.8 Å². The van der Waals surface area contributed by atoms with Crippen LogP contribution in [0.4, 0.5) is 0 Å². The van der Waals surface area contributed by atoms with Gasteiger partial charge >= 0.3 is 0 Å². The third-order valence-electron chi connectivity index (χ3n) is 4.96. The number of rotatable bonds is 4. The van der Waals surface area contributed by atoms with Gasteiger partial charge in [-0.2, -0.15) is 0 Å². The molecule has 1 atom stereocenters. The fourth-order valence-electron chi connectivity index (χ4n) is 3.34. The number of likely N-dealkylation sites (tertiary alicyclic amines) is 1. The van der Waals surface area contributed by atoms with E-state index in [1.54, 1.807) is 11.2 Å². The molecule has 1 aliphatic rings. The van der Waals surface area contributed by atoms with Crippen LogP contribution in [0.1, 0.15) is 41.4 Å². The van der Waals surface area contributed by atoms with Gasteiger partial charge in [0.25, 0.3) is 5.91 Å². The summed E-state index contributed by atoms with van der Waals surface area (Å²) in [4.78, 5) is 27.2. The van der Waals surface area contributed by atoms with Gasteiger partial charge in [-0.05, 0) is 44.9 Å². The topological polar surface area (TPSA) is 62.6 Å². The number of nitrogens with zero attached hydrogens (tertiary/aromatic N) is 1. The fraction of sp³-hybridized carbons (Fsp3) is 0.400. The Bertz CT molecular complexity index is 753. The lowest BCUT2D eigenvalue weighted by molar-refractivity contribution is -0.132. The number of benzene rings is 1. The quantitative estimate of drug-likeness (QED) is 0.930. The Hall–Kier alpha value is -2.56. The minimum atomic E-state index is -0.569. The molecule has 5 heteroatoms. The number of aryl methyl sites for hydroxylation is 1. The maximum atomic E-state index is 12.8. The first-order valence-corrected chi connectivity index (χ1v) is 8.65. The Labute approximate surface area is 148 Å². The highest BCUT2D eigenvalue weighted by Gasteiger charge is 2.39. The number of hydrogen-bond donors (Lipinski definition) is 1. The minimum Gasteiger partial charge on any atom is -0.469 e. The minimum absolute atomic E-state index is 0.00926. The summed E-state index contributed by atoms with van der Waals surface area (Å²) >= 11 is 0. The number of furan rings is 1. The van der Waals surface area contributed by atoms with Crippen molar-refractivity contribution in [2.75, 3.05) is 13.1 Å². The number of amides is 2. The smallest absolute Gasteiger partial charge is 0.253 e. The molecule has 1 N–H and O–H groups in total. The molecule has 5 nitrogen and oxygen atoms in total. The van der Waals surface area contributed by atoms with E-state index in [1.807, 2.05) is 50.2 Å². The van der Waals surface area contributed by atoms with Crippen LogP contribution in [-0.4, -0.2) is 29.8 Å². The predicted octanol–water partition coefficient (Wildman–Crippen LogP) is 3.15. The largest absolute Gasteiger partial charge is 0.469 e. The molecule has 1 saturated heterocycles. The lowest BCUT2D eigenvalue weighted by Gasteiger charge is -2.39. The summed E-state index contributed by atoms with van der Waals surface area (Å²) in [5, 5.41) is 3.00. The van der Waals surface area contributed by atoms with Crippen LogP contribution >= 0.6 is 0 Å². The predicted molar refractivity (Wildman–Crippen MR) is 95.0 cm³/mol. The van der Waals surface area contributed by atoms with Gasteiger partial charge in [-0.3, -0.25) is 9.59 Å². The molecule has 1 aliphatic heterocycles. The summed E-state index contributed by atoms with van der Waals surface area (Å²) in [5.41, 5.74) is 1.08. The number of carbonyl (C=O) groups is 2. The Morgan fingerprint density at radius 3 is 2.68 bits per heavy atom. The van der Waals surface area contributed by atoms with Crippen LogP contribution < -0.4 is 5.32 Å². The van der Waals surface area contributed by atoms with E-state index >= 15 is 0 Å². The third-order valence-corrected chi connectivity index (χ3v) is 4.96. The monoisotopic (exact) mass is 340 g/mol. The van der Waals surface area contributed by atoms with E-state index in [2.05, 4.69) is 5.32 Å². The summed E-state index contributed by atoms with van der Waals surface area (Å²) in [6, 6.07) is 11.1. The SMILES string of the molecule is Cc1occc1CNC(=O)[C@@]1(C)CCCN(C(=O)c2ccccc2)C1. The normalized spacial score (nSPS) is 20.3. The van der Waals surface area contributed by atoms with Crippen LogP contribution in [0.3, 0.4) is 0 Å². The van der Waals surface area contributed by atoms with Crippen molar-refractivity contribution in [3.05, 3.63) is 59.5 Å². The maximum Gasteiger partial charge on any atom is 0.253 e. The summed E-state index contributed by atoms with van der Waals surface area (Å²) in [6.07, 6.45) is 3.23. The molecule has 0 spiro atoms. The van der Waals surface area contributed by atoms with Crippen molar-refractivity contribution in [3.63, 3.8) is 0 Å². The van der Waals surface area contributed by atoms with E-state index in [1.165, 1.54) is 0 Å². The first kappa shape index (κ1) is 17.3. The molecule has 0 unspecified atom stereocenters. The van der Waals surface area contributed by atoms with Crippen LogP contribution in [0.2, 0.25) is 0 Å². The second kappa shape index (κ2) is 7.13. The Kier molecular flexibility index (Phi) is 4.93.